The summed E-state index contributed by atoms with van der Waals surface area (Å²) in [6.45, 7) is 6.14. The molecule has 0 fully saturated rings. The molecule has 2 nitrogen and oxygen atoms in total. The van der Waals surface area contributed by atoms with Crippen molar-refractivity contribution in [3.8, 4) is 0 Å². The predicted octanol–water partition coefficient (Wildman–Crippen LogP) is 2.54. The van der Waals surface area contributed by atoms with E-state index in [1.807, 2.05) is 0 Å². The van der Waals surface area contributed by atoms with Crippen LogP contribution in [0, 0.1) is 5.92 Å². The summed E-state index contributed by atoms with van der Waals surface area (Å²) in [4.78, 5) is 10.5. The van der Waals surface area contributed by atoms with Crippen LogP contribution in [0.5, 0.6) is 0 Å². The molecule has 0 aromatic heterocycles. The highest BCUT2D eigenvalue weighted by Gasteiger charge is 2.02. The molecule has 1 unspecified atom stereocenters. The molecule has 0 saturated heterocycles. The molecule has 2 heteroatoms. The Kier molecular flexibility index (Phi) is 6.44. The van der Waals surface area contributed by atoms with Crippen LogP contribution in [-0.2, 0) is 9.53 Å². The number of carbonyl (C=O) groups excluding carboxylic acids is 1. The fourth-order valence-electron chi connectivity index (χ4n) is 0.862. The summed E-state index contributed by atoms with van der Waals surface area (Å²) in [5.41, 5.74) is 0. The lowest BCUT2D eigenvalue weighted by atomic mass is 10.1. The van der Waals surface area contributed by atoms with Gasteiger partial charge < -0.3 is 4.74 Å². The maximum atomic E-state index is 10.5. The van der Waals surface area contributed by atoms with E-state index in [0.717, 1.165) is 12.8 Å². The Morgan fingerprint density at radius 1 is 1.50 bits per heavy atom. The second-order valence-corrected chi connectivity index (χ2v) is 2.81. The zero-order valence-electron chi connectivity index (χ0n) is 8.17. The van der Waals surface area contributed by atoms with Gasteiger partial charge in [-0.15, -0.1) is 0 Å². The summed E-state index contributed by atoms with van der Waals surface area (Å²) in [5.74, 6) is 0.187. The number of esters is 1. The van der Waals surface area contributed by atoms with Crippen molar-refractivity contribution in [3.63, 3.8) is 0 Å². The highest BCUT2D eigenvalue weighted by atomic mass is 16.5. The predicted molar refractivity (Wildman–Crippen MR) is 49.8 cm³/mol. The van der Waals surface area contributed by atoms with Crippen molar-refractivity contribution in [2.24, 2.45) is 5.92 Å². The number of rotatable bonds is 5. The number of allylic oxidation sites excluding steroid dienone is 1. The molecule has 70 valence electrons. The van der Waals surface area contributed by atoms with E-state index in [1.165, 1.54) is 6.92 Å². The first-order valence-corrected chi connectivity index (χ1v) is 4.50. The van der Waals surface area contributed by atoms with Gasteiger partial charge in [0.1, 0.15) is 0 Å². The van der Waals surface area contributed by atoms with Gasteiger partial charge >= 0.3 is 5.97 Å². The molecule has 0 spiro atoms. The van der Waals surface area contributed by atoms with E-state index in [9.17, 15) is 4.79 Å². The second-order valence-electron chi connectivity index (χ2n) is 2.81. The molecule has 0 aliphatic rings. The molecule has 0 aliphatic carbocycles. The van der Waals surface area contributed by atoms with Crippen LogP contribution in [0.25, 0.3) is 0 Å². The van der Waals surface area contributed by atoms with Crippen molar-refractivity contribution in [2.75, 3.05) is 6.61 Å². The normalized spacial score (nSPS) is 13.2. The molecule has 0 radical (unpaired) electrons. The second kappa shape index (κ2) is 6.89. The van der Waals surface area contributed by atoms with Gasteiger partial charge in [-0.1, -0.05) is 26.0 Å². The minimum absolute atomic E-state index is 0.196. The molecule has 0 bridgehead atoms. The van der Waals surface area contributed by atoms with Crippen LogP contribution in [0.3, 0.4) is 0 Å². The van der Waals surface area contributed by atoms with Crippen LogP contribution >= 0.6 is 0 Å². The fourth-order valence-corrected chi connectivity index (χ4v) is 0.862. The molecule has 0 amide bonds. The molecule has 0 aromatic carbocycles. The van der Waals surface area contributed by atoms with Crippen LogP contribution in [-0.4, -0.2) is 12.6 Å². The Balaban J connectivity index is 3.67. The first-order chi connectivity index (χ1) is 5.70. The number of hydrogen-bond donors (Lipinski definition) is 0. The van der Waals surface area contributed by atoms with Crippen LogP contribution in [0.1, 0.15) is 33.6 Å². The molecule has 0 rings (SSSR count). The fraction of sp³-hybridized carbons (Fsp3) is 0.700. The highest BCUT2D eigenvalue weighted by molar-refractivity contribution is 5.65. The van der Waals surface area contributed by atoms with Crippen LogP contribution < -0.4 is 0 Å². The smallest absolute Gasteiger partial charge is 0.302 e. The van der Waals surface area contributed by atoms with Gasteiger partial charge in [-0.2, -0.15) is 0 Å². The van der Waals surface area contributed by atoms with Crippen molar-refractivity contribution in [1.82, 2.24) is 0 Å². The third-order valence-electron chi connectivity index (χ3n) is 1.67. The summed E-state index contributed by atoms with van der Waals surface area (Å²) in [7, 11) is 0. The van der Waals surface area contributed by atoms with Gasteiger partial charge in [0.2, 0.25) is 0 Å². The Morgan fingerprint density at radius 2 is 2.17 bits per heavy atom. The van der Waals surface area contributed by atoms with Crippen LogP contribution in [0.15, 0.2) is 12.2 Å². The number of hydrogen-bond acceptors (Lipinski definition) is 2. The Labute approximate surface area is 74.6 Å². The standard InChI is InChI=1S/C10H18O2/c1-4-6-7-10(5-2)8-12-9(3)11/h6-7,10H,4-5,8H2,1-3H3. The first-order valence-electron chi connectivity index (χ1n) is 4.50. The topological polar surface area (TPSA) is 26.3 Å². The SMILES string of the molecule is CCC=CC(CC)COC(C)=O. The average Bonchev–Trinajstić information content (AvgIpc) is 2.05. The van der Waals surface area contributed by atoms with Crippen LogP contribution in [0.2, 0.25) is 0 Å². The van der Waals surface area contributed by atoms with Gasteiger partial charge in [0.25, 0.3) is 0 Å². The zero-order chi connectivity index (χ0) is 9.40. The Hall–Kier alpha value is -0.790. The summed E-state index contributed by atoms with van der Waals surface area (Å²) in [6, 6.07) is 0. The lowest BCUT2D eigenvalue weighted by molar-refractivity contribution is -0.141. The maximum Gasteiger partial charge on any atom is 0.302 e. The van der Waals surface area contributed by atoms with Crippen molar-refractivity contribution in [2.45, 2.75) is 33.6 Å². The maximum absolute atomic E-state index is 10.5. The van der Waals surface area contributed by atoms with E-state index in [0.29, 0.717) is 12.5 Å². The van der Waals surface area contributed by atoms with Gasteiger partial charge in [0, 0.05) is 12.8 Å². The third kappa shape index (κ3) is 5.96. The van der Waals surface area contributed by atoms with E-state index < -0.39 is 0 Å². The summed E-state index contributed by atoms with van der Waals surface area (Å²) in [6.07, 6.45) is 6.28. The first kappa shape index (κ1) is 11.2. The largest absolute Gasteiger partial charge is 0.465 e. The minimum atomic E-state index is -0.196. The molecule has 0 N–H and O–H groups in total. The number of ether oxygens (including phenoxy) is 1. The molecule has 0 aliphatic heterocycles. The lowest BCUT2D eigenvalue weighted by Crippen LogP contribution is -2.09. The lowest BCUT2D eigenvalue weighted by Gasteiger charge is -2.08. The molecule has 1 atom stereocenters. The van der Waals surface area contributed by atoms with Gasteiger partial charge in [-0.3, -0.25) is 4.79 Å². The Bertz CT molecular complexity index is 150. The monoisotopic (exact) mass is 170 g/mol. The molecular formula is C10H18O2. The molecule has 0 aromatic rings. The summed E-state index contributed by atoms with van der Waals surface area (Å²) in [5, 5.41) is 0. The van der Waals surface area contributed by atoms with E-state index in [1.54, 1.807) is 0 Å². The van der Waals surface area contributed by atoms with E-state index in [2.05, 4.69) is 26.0 Å². The quantitative estimate of drug-likeness (QED) is 0.468. The van der Waals surface area contributed by atoms with Gasteiger partial charge in [0.05, 0.1) is 6.61 Å². The van der Waals surface area contributed by atoms with Gasteiger partial charge in [-0.05, 0) is 12.8 Å². The van der Waals surface area contributed by atoms with E-state index in [4.69, 9.17) is 4.74 Å². The highest BCUT2D eigenvalue weighted by Crippen LogP contribution is 2.05. The molecule has 0 saturated carbocycles. The summed E-state index contributed by atoms with van der Waals surface area (Å²) < 4.78 is 4.90. The zero-order valence-corrected chi connectivity index (χ0v) is 8.17. The summed E-state index contributed by atoms with van der Waals surface area (Å²) >= 11 is 0. The minimum Gasteiger partial charge on any atom is -0.465 e. The average molecular weight is 170 g/mol. The number of carbonyl (C=O) groups is 1. The Morgan fingerprint density at radius 3 is 2.58 bits per heavy atom. The third-order valence-corrected chi connectivity index (χ3v) is 1.67. The van der Waals surface area contributed by atoms with Crippen molar-refractivity contribution >= 4 is 5.97 Å². The van der Waals surface area contributed by atoms with Gasteiger partial charge in [-0.25, -0.2) is 0 Å². The van der Waals surface area contributed by atoms with Crippen molar-refractivity contribution in [1.29, 1.82) is 0 Å². The molecule has 0 heterocycles. The molecular weight excluding hydrogens is 152 g/mol. The van der Waals surface area contributed by atoms with Crippen molar-refractivity contribution in [3.05, 3.63) is 12.2 Å². The molecule has 12 heavy (non-hydrogen) atoms. The van der Waals surface area contributed by atoms with Gasteiger partial charge in [0.15, 0.2) is 0 Å². The van der Waals surface area contributed by atoms with E-state index in [-0.39, 0.29) is 5.97 Å². The van der Waals surface area contributed by atoms with Crippen LogP contribution in [0.4, 0.5) is 0 Å². The van der Waals surface area contributed by atoms with Crippen molar-refractivity contribution < 1.29 is 9.53 Å². The van der Waals surface area contributed by atoms with E-state index >= 15 is 0 Å².